The van der Waals surface area contributed by atoms with Crippen molar-refractivity contribution in [2.75, 3.05) is 18.6 Å². The molecule has 298 valence electrons. The third-order valence-corrected chi connectivity index (χ3v) is 16.5. The van der Waals surface area contributed by atoms with E-state index in [1.54, 1.807) is 59.5 Å². The molecular formula is C43H37Br2ClN4O7S. The Morgan fingerprint density at radius 2 is 1.72 bits per heavy atom. The van der Waals surface area contributed by atoms with E-state index in [0.29, 0.717) is 43.9 Å². The van der Waals surface area contributed by atoms with E-state index < -0.39 is 46.8 Å². The van der Waals surface area contributed by atoms with E-state index in [1.807, 2.05) is 38.1 Å². The molecule has 0 bridgehead atoms. The van der Waals surface area contributed by atoms with Gasteiger partial charge >= 0.3 is 0 Å². The highest BCUT2D eigenvalue weighted by Gasteiger charge is 2.68. The SMILES string of the molecule is COc1cc([C@H]2C3=CC[C@@H]4C(=O)N(CCc5ccc(O)cc5)C(=O)[C@@H]4[C@@H]3C[C@H]3C(=O)N(c4cc(-c5sc6ccc(Cl)cc6c5C)nn4C)C(=O)[C@@]23C)c(Br)c(Br)c1O. The zero-order valence-corrected chi connectivity index (χ0v) is 36.5. The normalized spacial score (nSPS) is 25.4. The van der Waals surface area contributed by atoms with Crippen LogP contribution in [0.2, 0.25) is 5.02 Å². The van der Waals surface area contributed by atoms with Gasteiger partial charge in [0, 0.05) is 39.8 Å². The maximum atomic E-state index is 15.3. The molecule has 2 aliphatic carbocycles. The number of ether oxygens (including phenoxy) is 1. The number of amides is 4. The first-order valence-corrected chi connectivity index (χ1v) is 21.6. The molecule has 58 heavy (non-hydrogen) atoms. The average molecular weight is 949 g/mol. The van der Waals surface area contributed by atoms with Crippen LogP contribution < -0.4 is 9.64 Å². The topological polar surface area (TPSA) is 142 Å². The Morgan fingerprint density at radius 1 is 0.983 bits per heavy atom. The van der Waals surface area contributed by atoms with Gasteiger partial charge in [-0.05, 0) is 129 Å². The summed E-state index contributed by atoms with van der Waals surface area (Å²) < 4.78 is 8.98. The van der Waals surface area contributed by atoms with Crippen LogP contribution in [-0.4, -0.2) is 62.2 Å². The van der Waals surface area contributed by atoms with Gasteiger partial charge in [-0.15, -0.1) is 11.3 Å². The lowest BCUT2D eigenvalue weighted by molar-refractivity contribution is -0.140. The monoisotopic (exact) mass is 946 g/mol. The number of benzene rings is 3. The smallest absolute Gasteiger partial charge is 0.242 e. The number of rotatable bonds is 7. The van der Waals surface area contributed by atoms with E-state index in [4.69, 9.17) is 21.4 Å². The molecule has 0 unspecified atom stereocenters. The Bertz CT molecular complexity index is 2660. The number of halogens is 3. The molecule has 5 aromatic rings. The molecule has 2 aromatic heterocycles. The number of phenolic OH excluding ortho intramolecular Hbond substituents is 2. The van der Waals surface area contributed by atoms with Crippen LogP contribution in [-0.2, 0) is 32.6 Å². The first kappa shape index (κ1) is 39.0. The molecule has 4 amide bonds. The predicted octanol–water partition coefficient (Wildman–Crippen LogP) is 8.68. The first-order valence-electron chi connectivity index (χ1n) is 18.8. The van der Waals surface area contributed by atoms with E-state index in [1.165, 1.54) is 16.9 Å². The summed E-state index contributed by atoms with van der Waals surface area (Å²) in [6, 6.07) is 15.8. The molecule has 1 saturated carbocycles. The van der Waals surface area contributed by atoms with Gasteiger partial charge in [-0.3, -0.25) is 28.8 Å². The van der Waals surface area contributed by atoms with Gasteiger partial charge in [0.2, 0.25) is 23.6 Å². The number of thiophene rings is 1. The number of aromatic nitrogens is 2. The molecule has 0 radical (unpaired) electrons. The predicted molar refractivity (Wildman–Crippen MR) is 227 cm³/mol. The maximum Gasteiger partial charge on any atom is 0.242 e. The summed E-state index contributed by atoms with van der Waals surface area (Å²) in [7, 11) is 3.15. The van der Waals surface area contributed by atoms with E-state index in [9.17, 15) is 19.8 Å². The number of nitrogens with zero attached hydrogens (tertiary/aromatic N) is 4. The van der Waals surface area contributed by atoms with E-state index in [2.05, 4.69) is 31.9 Å². The summed E-state index contributed by atoms with van der Waals surface area (Å²) in [6.07, 6.45) is 2.88. The summed E-state index contributed by atoms with van der Waals surface area (Å²) in [5.74, 6) is -4.39. The minimum Gasteiger partial charge on any atom is -0.508 e. The van der Waals surface area contributed by atoms with Gasteiger partial charge in [0.15, 0.2) is 11.5 Å². The Morgan fingerprint density at radius 3 is 2.45 bits per heavy atom. The number of fused-ring (bicyclic) bond motifs is 5. The number of imide groups is 2. The fourth-order valence-corrected chi connectivity index (χ4v) is 12.2. The summed E-state index contributed by atoms with van der Waals surface area (Å²) >= 11 is 15.1. The van der Waals surface area contributed by atoms with Crippen molar-refractivity contribution in [3.8, 4) is 27.8 Å². The highest BCUT2D eigenvalue weighted by molar-refractivity contribution is 9.13. The molecule has 9 rings (SSSR count). The van der Waals surface area contributed by atoms with Crippen molar-refractivity contribution in [3.05, 3.63) is 96.9 Å². The van der Waals surface area contributed by atoms with Crippen LogP contribution in [0, 0.1) is 36.0 Å². The third kappa shape index (κ3) is 5.65. The number of likely N-dealkylation sites (tertiary alicyclic amines) is 1. The fraction of sp³-hybridized carbons (Fsp3) is 0.326. The fourth-order valence-electron chi connectivity index (χ4n) is 9.96. The Kier molecular flexibility index (Phi) is 9.45. The standard InChI is InChI=1S/C43H37Br2ClN4O7S/c1-19-25-15-21(46)7-12-31(25)58-38(19)29-18-32(48(3)47-29)50-40(54)28-16-26-23(34(43(28,2)42(50)56)27-17-30(57-4)37(52)36(45)35(27)44)10-11-24-33(26)41(55)49(39(24)53)14-13-20-5-8-22(51)9-6-20/h5-10,12,15,17-18,24,26,28,33-34,51-52H,11,13-14,16H2,1-4H3/t24-,26+,28-,33-,34+,43+/m0/s1. The molecule has 2 aliphatic heterocycles. The highest BCUT2D eigenvalue weighted by atomic mass is 79.9. The Labute approximate surface area is 359 Å². The molecule has 4 heterocycles. The first-order chi connectivity index (χ1) is 27.6. The van der Waals surface area contributed by atoms with Crippen molar-refractivity contribution in [3.63, 3.8) is 0 Å². The lowest BCUT2D eigenvalue weighted by atomic mass is 9.51. The Balaban J connectivity index is 1.14. The molecule has 4 aliphatic rings. The molecule has 11 nitrogen and oxygen atoms in total. The van der Waals surface area contributed by atoms with Crippen LogP contribution >= 0.6 is 54.8 Å². The van der Waals surface area contributed by atoms with Crippen LogP contribution in [0.5, 0.6) is 17.2 Å². The molecule has 3 fully saturated rings. The van der Waals surface area contributed by atoms with Crippen molar-refractivity contribution in [2.24, 2.45) is 36.1 Å². The van der Waals surface area contributed by atoms with Crippen molar-refractivity contribution < 1.29 is 34.1 Å². The lowest BCUT2D eigenvalue weighted by Crippen LogP contribution is -2.49. The van der Waals surface area contributed by atoms with Crippen molar-refractivity contribution in [2.45, 2.75) is 39.0 Å². The number of methoxy groups -OCH3 is 1. The van der Waals surface area contributed by atoms with E-state index in [0.717, 1.165) is 31.7 Å². The third-order valence-electron chi connectivity index (χ3n) is 12.8. The summed E-state index contributed by atoms with van der Waals surface area (Å²) in [5, 5.41) is 27.2. The molecule has 3 aromatic carbocycles. The molecule has 0 spiro atoms. The van der Waals surface area contributed by atoms with Crippen molar-refractivity contribution in [1.29, 1.82) is 0 Å². The van der Waals surface area contributed by atoms with Gasteiger partial charge in [0.1, 0.15) is 17.3 Å². The number of carbonyl (C=O) groups excluding carboxylic acids is 4. The molecule has 6 atom stereocenters. The number of allylic oxidation sites excluding steroid dienone is 2. The van der Waals surface area contributed by atoms with Gasteiger partial charge in [-0.2, -0.15) is 5.10 Å². The van der Waals surface area contributed by atoms with Crippen LogP contribution in [0.3, 0.4) is 0 Å². The minimum atomic E-state index is -1.35. The van der Waals surface area contributed by atoms with Crippen LogP contribution in [0.25, 0.3) is 20.7 Å². The number of hydrogen-bond acceptors (Lipinski definition) is 9. The molecule has 2 saturated heterocycles. The van der Waals surface area contributed by atoms with Gasteiger partial charge in [-0.25, -0.2) is 4.90 Å². The second kappa shape index (κ2) is 14.1. The maximum absolute atomic E-state index is 15.3. The average Bonchev–Trinajstić information content (AvgIpc) is 3.87. The highest BCUT2D eigenvalue weighted by Crippen LogP contribution is 2.65. The zero-order valence-electron chi connectivity index (χ0n) is 31.8. The van der Waals surface area contributed by atoms with Crippen molar-refractivity contribution in [1.82, 2.24) is 14.7 Å². The number of aryl methyl sites for hydroxylation is 2. The number of phenols is 2. The van der Waals surface area contributed by atoms with E-state index >= 15 is 9.59 Å². The number of anilines is 1. The zero-order chi connectivity index (χ0) is 41.1. The second-order valence-corrected chi connectivity index (χ2v) is 18.8. The summed E-state index contributed by atoms with van der Waals surface area (Å²) in [4.78, 5) is 62.3. The molecule has 15 heteroatoms. The van der Waals surface area contributed by atoms with Crippen LogP contribution in [0.4, 0.5) is 5.82 Å². The van der Waals surface area contributed by atoms with Gasteiger partial charge < -0.3 is 14.9 Å². The van der Waals surface area contributed by atoms with E-state index in [-0.39, 0.29) is 42.0 Å². The number of carbonyl (C=O) groups is 4. The molecular weight excluding hydrogens is 912 g/mol. The van der Waals surface area contributed by atoms with Crippen molar-refractivity contribution >= 4 is 94.3 Å². The van der Waals surface area contributed by atoms with Gasteiger partial charge in [-0.1, -0.05) is 35.4 Å². The largest absolute Gasteiger partial charge is 0.508 e. The van der Waals surface area contributed by atoms with Crippen LogP contribution in [0.1, 0.15) is 42.4 Å². The number of aromatic hydroxyl groups is 2. The summed E-state index contributed by atoms with van der Waals surface area (Å²) in [5.41, 5.74) is 2.52. The minimum absolute atomic E-state index is 0.129. The quantitative estimate of drug-likeness (QED) is 0.122. The van der Waals surface area contributed by atoms with Gasteiger partial charge in [0.25, 0.3) is 0 Å². The summed E-state index contributed by atoms with van der Waals surface area (Å²) in [6.45, 7) is 3.99. The molecule has 2 N–H and O–H groups in total. The second-order valence-electron chi connectivity index (χ2n) is 15.8. The Hall–Kier alpha value is -4.50. The van der Waals surface area contributed by atoms with Crippen LogP contribution in [0.15, 0.2) is 75.2 Å². The number of hydrogen-bond donors (Lipinski definition) is 2. The lowest BCUT2D eigenvalue weighted by Gasteiger charge is -2.49. The van der Waals surface area contributed by atoms with Gasteiger partial charge in [0.05, 0.1) is 39.6 Å².